The maximum atomic E-state index is 8.88. The maximum Gasteiger partial charge on any atom is 0.0894 e. The fourth-order valence-electron chi connectivity index (χ4n) is 0.841. The highest BCUT2D eigenvalue weighted by Crippen LogP contribution is 2.27. The van der Waals surface area contributed by atoms with E-state index in [2.05, 4.69) is 5.32 Å². The first kappa shape index (κ1) is 7.98. The van der Waals surface area contributed by atoms with Crippen LogP contribution in [0.3, 0.4) is 0 Å². The third kappa shape index (κ3) is 3.15. The van der Waals surface area contributed by atoms with E-state index in [0.717, 1.165) is 12.5 Å². The van der Waals surface area contributed by atoms with Crippen LogP contribution in [0.2, 0.25) is 0 Å². The molecule has 0 aromatic heterocycles. The number of nitrogens with one attached hydrogen (secondary N) is 1. The second-order valence-corrected chi connectivity index (χ2v) is 2.94. The van der Waals surface area contributed by atoms with Crippen molar-refractivity contribution in [3.63, 3.8) is 0 Å². The van der Waals surface area contributed by atoms with Gasteiger partial charge in [-0.25, -0.2) is 0 Å². The second kappa shape index (κ2) is 3.91. The fourth-order valence-corrected chi connectivity index (χ4v) is 0.841. The van der Waals surface area contributed by atoms with Crippen molar-refractivity contribution in [3.8, 4) is 0 Å². The highest BCUT2D eigenvalue weighted by molar-refractivity contribution is 4.75. The van der Waals surface area contributed by atoms with Crippen LogP contribution in [0, 0.1) is 5.92 Å². The van der Waals surface area contributed by atoms with Crippen molar-refractivity contribution in [2.24, 2.45) is 5.92 Å². The highest BCUT2D eigenvalue weighted by Gasteiger charge is 2.20. The zero-order valence-corrected chi connectivity index (χ0v) is 6.08. The smallest absolute Gasteiger partial charge is 0.0894 e. The topological polar surface area (TPSA) is 52.5 Å². The van der Waals surface area contributed by atoms with Gasteiger partial charge in [-0.15, -0.1) is 0 Å². The normalized spacial score (nSPS) is 21.0. The molecule has 0 bridgehead atoms. The molecule has 0 aromatic rings. The molecule has 10 heavy (non-hydrogen) atoms. The minimum absolute atomic E-state index is 0.141. The Morgan fingerprint density at radius 3 is 2.70 bits per heavy atom. The van der Waals surface area contributed by atoms with Crippen molar-refractivity contribution < 1.29 is 10.2 Å². The largest absolute Gasteiger partial charge is 0.394 e. The van der Waals surface area contributed by atoms with E-state index in [9.17, 15) is 0 Å². The van der Waals surface area contributed by atoms with Crippen LogP contribution in [-0.4, -0.2) is 36.0 Å². The number of hydrogen-bond acceptors (Lipinski definition) is 3. The molecule has 60 valence electrons. The van der Waals surface area contributed by atoms with Crippen LogP contribution in [-0.2, 0) is 0 Å². The van der Waals surface area contributed by atoms with Crippen molar-refractivity contribution in [2.45, 2.75) is 18.9 Å². The third-order valence-corrected chi connectivity index (χ3v) is 1.72. The number of aliphatic hydroxyl groups is 2. The molecule has 1 atom stereocenters. The van der Waals surface area contributed by atoms with Crippen molar-refractivity contribution >= 4 is 0 Å². The van der Waals surface area contributed by atoms with Gasteiger partial charge < -0.3 is 15.5 Å². The Hall–Kier alpha value is -0.120. The fraction of sp³-hybridized carbons (Fsp3) is 1.00. The Labute approximate surface area is 61.1 Å². The molecule has 1 aliphatic rings. The van der Waals surface area contributed by atoms with E-state index >= 15 is 0 Å². The van der Waals surface area contributed by atoms with E-state index in [-0.39, 0.29) is 6.61 Å². The van der Waals surface area contributed by atoms with Gasteiger partial charge >= 0.3 is 0 Å². The molecule has 1 fully saturated rings. The summed E-state index contributed by atoms with van der Waals surface area (Å²) in [7, 11) is 0. The number of hydrogen-bond donors (Lipinski definition) is 3. The first-order valence-electron chi connectivity index (χ1n) is 3.82. The zero-order chi connectivity index (χ0) is 7.40. The molecule has 1 aliphatic carbocycles. The molecular formula is C7H15NO2. The van der Waals surface area contributed by atoms with Gasteiger partial charge in [-0.05, 0) is 25.3 Å². The molecule has 0 aliphatic heterocycles. The van der Waals surface area contributed by atoms with Crippen LogP contribution in [0.15, 0.2) is 0 Å². The lowest BCUT2D eigenvalue weighted by molar-refractivity contribution is 0.0943. The summed E-state index contributed by atoms with van der Waals surface area (Å²) < 4.78 is 0. The minimum Gasteiger partial charge on any atom is -0.394 e. The highest BCUT2D eigenvalue weighted by atomic mass is 16.3. The Kier molecular flexibility index (Phi) is 3.12. The van der Waals surface area contributed by atoms with E-state index in [1.165, 1.54) is 12.8 Å². The van der Waals surface area contributed by atoms with Gasteiger partial charge in [-0.1, -0.05) is 0 Å². The average Bonchev–Trinajstić information content (AvgIpc) is 2.71. The van der Waals surface area contributed by atoms with Gasteiger partial charge in [0.05, 0.1) is 12.7 Å². The molecule has 0 amide bonds. The molecule has 0 heterocycles. The molecule has 0 unspecified atom stereocenters. The van der Waals surface area contributed by atoms with Crippen LogP contribution in [0.4, 0.5) is 0 Å². The summed E-state index contributed by atoms with van der Waals surface area (Å²) in [6.45, 7) is 1.38. The SMILES string of the molecule is OC[C@H](O)CNCC1CC1. The predicted molar refractivity (Wildman–Crippen MR) is 38.7 cm³/mol. The third-order valence-electron chi connectivity index (χ3n) is 1.72. The van der Waals surface area contributed by atoms with Crippen LogP contribution >= 0.6 is 0 Å². The molecular weight excluding hydrogens is 130 g/mol. The van der Waals surface area contributed by atoms with Crippen molar-refractivity contribution in [3.05, 3.63) is 0 Å². The van der Waals surface area contributed by atoms with Gasteiger partial charge in [-0.3, -0.25) is 0 Å². The van der Waals surface area contributed by atoms with Gasteiger partial charge in [0.2, 0.25) is 0 Å². The van der Waals surface area contributed by atoms with Gasteiger partial charge in [0, 0.05) is 6.54 Å². The second-order valence-electron chi connectivity index (χ2n) is 2.94. The molecule has 3 heteroatoms. The quantitative estimate of drug-likeness (QED) is 0.481. The summed E-state index contributed by atoms with van der Waals surface area (Å²) >= 11 is 0. The Morgan fingerprint density at radius 2 is 2.20 bits per heavy atom. The van der Waals surface area contributed by atoms with Gasteiger partial charge in [0.15, 0.2) is 0 Å². The molecule has 3 nitrogen and oxygen atoms in total. The summed E-state index contributed by atoms with van der Waals surface area (Å²) in [5, 5.41) is 20.4. The lowest BCUT2D eigenvalue weighted by Gasteiger charge is -2.07. The first-order chi connectivity index (χ1) is 4.83. The van der Waals surface area contributed by atoms with Crippen LogP contribution < -0.4 is 5.32 Å². The average molecular weight is 145 g/mol. The lowest BCUT2D eigenvalue weighted by Crippen LogP contribution is -2.30. The van der Waals surface area contributed by atoms with E-state index in [4.69, 9.17) is 10.2 Å². The van der Waals surface area contributed by atoms with Gasteiger partial charge in [-0.2, -0.15) is 0 Å². The summed E-state index contributed by atoms with van der Waals surface area (Å²) in [6.07, 6.45) is 2.06. The lowest BCUT2D eigenvalue weighted by atomic mass is 10.3. The molecule has 0 spiro atoms. The first-order valence-corrected chi connectivity index (χ1v) is 3.82. The van der Waals surface area contributed by atoms with Crippen molar-refractivity contribution in [1.29, 1.82) is 0 Å². The monoisotopic (exact) mass is 145 g/mol. The van der Waals surface area contributed by atoms with E-state index in [1.54, 1.807) is 0 Å². The summed E-state index contributed by atoms with van der Waals surface area (Å²) in [6, 6.07) is 0. The Morgan fingerprint density at radius 1 is 1.50 bits per heavy atom. The van der Waals surface area contributed by atoms with Crippen molar-refractivity contribution in [2.75, 3.05) is 19.7 Å². The van der Waals surface area contributed by atoms with Crippen LogP contribution in [0.25, 0.3) is 0 Å². The van der Waals surface area contributed by atoms with E-state index in [1.807, 2.05) is 0 Å². The molecule has 0 radical (unpaired) electrons. The number of rotatable bonds is 5. The maximum absolute atomic E-state index is 8.88. The minimum atomic E-state index is -0.584. The van der Waals surface area contributed by atoms with Gasteiger partial charge in [0.25, 0.3) is 0 Å². The summed E-state index contributed by atoms with van der Waals surface area (Å²) in [5.41, 5.74) is 0. The Balaban J connectivity index is 1.83. The van der Waals surface area contributed by atoms with Crippen molar-refractivity contribution in [1.82, 2.24) is 5.32 Å². The summed E-state index contributed by atoms with van der Waals surface area (Å²) in [5.74, 6) is 0.839. The molecule has 0 aromatic carbocycles. The number of aliphatic hydroxyl groups excluding tert-OH is 2. The van der Waals surface area contributed by atoms with Crippen LogP contribution in [0.5, 0.6) is 0 Å². The van der Waals surface area contributed by atoms with Gasteiger partial charge in [0.1, 0.15) is 0 Å². The molecule has 1 rings (SSSR count). The zero-order valence-electron chi connectivity index (χ0n) is 6.08. The van der Waals surface area contributed by atoms with E-state index < -0.39 is 6.10 Å². The van der Waals surface area contributed by atoms with Crippen LogP contribution in [0.1, 0.15) is 12.8 Å². The molecule has 3 N–H and O–H groups in total. The summed E-state index contributed by atoms with van der Waals surface area (Å²) in [4.78, 5) is 0. The molecule has 0 saturated heterocycles. The molecule has 1 saturated carbocycles. The van der Waals surface area contributed by atoms with E-state index in [0.29, 0.717) is 6.54 Å². The Bertz CT molecular complexity index is 93.6. The standard InChI is InChI=1S/C7H15NO2/c9-5-7(10)4-8-3-6-1-2-6/h6-10H,1-5H2/t7-/m1/s1. The predicted octanol–water partition coefficient (Wildman–Crippen LogP) is -0.661.